The summed E-state index contributed by atoms with van der Waals surface area (Å²) in [5.41, 5.74) is 0. The molecule has 102 valence electrons. The molecule has 0 aromatic carbocycles. The number of allylic oxidation sites excluding steroid dienone is 1. The van der Waals surface area contributed by atoms with E-state index in [1.807, 2.05) is 13.8 Å². The van der Waals surface area contributed by atoms with Gasteiger partial charge in [0.2, 0.25) is 5.91 Å². The molecule has 0 heterocycles. The fourth-order valence-corrected chi connectivity index (χ4v) is 1.21. The summed E-state index contributed by atoms with van der Waals surface area (Å²) < 4.78 is 4.46. The average molecular weight is 255 g/mol. The highest BCUT2D eigenvalue weighted by atomic mass is 16.5. The van der Waals surface area contributed by atoms with Crippen molar-refractivity contribution in [2.45, 2.75) is 39.7 Å². The molecule has 18 heavy (non-hydrogen) atoms. The van der Waals surface area contributed by atoms with Gasteiger partial charge in [0.05, 0.1) is 19.6 Å². The van der Waals surface area contributed by atoms with Gasteiger partial charge in [-0.15, -0.1) is 0 Å². The zero-order chi connectivity index (χ0) is 14.1. The van der Waals surface area contributed by atoms with Crippen molar-refractivity contribution in [2.75, 3.05) is 7.11 Å². The lowest BCUT2D eigenvalue weighted by Crippen LogP contribution is -2.40. The topological polar surface area (TPSA) is 72.5 Å². The minimum atomic E-state index is -0.825. The number of ketones is 1. The molecule has 0 fully saturated rings. The summed E-state index contributed by atoms with van der Waals surface area (Å²) in [6.07, 6.45) is 3.77. The van der Waals surface area contributed by atoms with E-state index in [0.29, 0.717) is 5.92 Å². The van der Waals surface area contributed by atoms with Crippen molar-refractivity contribution in [3.63, 3.8) is 0 Å². The average Bonchev–Trinajstić information content (AvgIpc) is 2.27. The monoisotopic (exact) mass is 255 g/mol. The maximum absolute atomic E-state index is 11.5. The van der Waals surface area contributed by atoms with Gasteiger partial charge in [-0.2, -0.15) is 0 Å². The van der Waals surface area contributed by atoms with E-state index in [-0.39, 0.29) is 18.1 Å². The van der Waals surface area contributed by atoms with Crippen LogP contribution in [-0.2, 0) is 19.1 Å². The van der Waals surface area contributed by atoms with Crippen LogP contribution in [0.1, 0.15) is 33.6 Å². The van der Waals surface area contributed by atoms with E-state index < -0.39 is 12.0 Å². The third-order valence-electron chi connectivity index (χ3n) is 2.28. The predicted molar refractivity (Wildman–Crippen MR) is 67.8 cm³/mol. The standard InChI is InChI=1S/C13H21NO4/c1-9(2)6-5-7-12(16)14-11(10(3)15)8-13(17)18-4/h5,7,9,11H,6,8H2,1-4H3,(H,14,16)/b7-5+. The number of ether oxygens (including phenoxy) is 1. The Bertz CT molecular complexity index is 334. The number of hydrogen-bond donors (Lipinski definition) is 1. The molecule has 0 aromatic heterocycles. The Kier molecular flexibility index (Phi) is 7.67. The molecule has 5 heteroatoms. The smallest absolute Gasteiger partial charge is 0.308 e. The Morgan fingerprint density at radius 2 is 1.89 bits per heavy atom. The molecule has 0 rings (SSSR count). The van der Waals surface area contributed by atoms with Gasteiger partial charge in [0.1, 0.15) is 0 Å². The molecule has 0 bridgehead atoms. The highest BCUT2D eigenvalue weighted by Crippen LogP contribution is 2.00. The van der Waals surface area contributed by atoms with Crippen LogP contribution < -0.4 is 5.32 Å². The molecule has 1 atom stereocenters. The minimum absolute atomic E-state index is 0.143. The van der Waals surface area contributed by atoms with Crippen molar-refractivity contribution < 1.29 is 19.1 Å². The summed E-state index contributed by atoms with van der Waals surface area (Å²) in [4.78, 5) is 33.8. The maximum atomic E-state index is 11.5. The number of carbonyl (C=O) groups is 3. The van der Waals surface area contributed by atoms with Gasteiger partial charge in [0, 0.05) is 0 Å². The van der Waals surface area contributed by atoms with Crippen LogP contribution in [0.3, 0.4) is 0 Å². The molecule has 0 aliphatic carbocycles. The van der Waals surface area contributed by atoms with E-state index in [0.717, 1.165) is 6.42 Å². The quantitative estimate of drug-likeness (QED) is 0.548. The zero-order valence-corrected chi connectivity index (χ0v) is 11.4. The Balaban J connectivity index is 4.32. The molecule has 0 aromatic rings. The van der Waals surface area contributed by atoms with E-state index in [4.69, 9.17) is 0 Å². The molecule has 0 radical (unpaired) electrons. The molecule has 1 amide bonds. The largest absolute Gasteiger partial charge is 0.469 e. The van der Waals surface area contributed by atoms with Gasteiger partial charge in [-0.3, -0.25) is 14.4 Å². The summed E-state index contributed by atoms with van der Waals surface area (Å²) in [7, 11) is 1.24. The number of nitrogens with one attached hydrogen (secondary N) is 1. The normalized spacial score (nSPS) is 12.5. The van der Waals surface area contributed by atoms with E-state index >= 15 is 0 Å². The fraction of sp³-hybridized carbons (Fsp3) is 0.615. The summed E-state index contributed by atoms with van der Waals surface area (Å²) in [6.45, 7) is 5.40. The highest BCUT2D eigenvalue weighted by molar-refractivity contribution is 5.94. The van der Waals surface area contributed by atoms with Gasteiger partial charge in [-0.05, 0) is 25.3 Å². The summed E-state index contributed by atoms with van der Waals surface area (Å²) in [5.74, 6) is -0.708. The number of amides is 1. The van der Waals surface area contributed by atoms with Crippen molar-refractivity contribution in [1.29, 1.82) is 0 Å². The van der Waals surface area contributed by atoms with Crippen molar-refractivity contribution in [3.05, 3.63) is 12.2 Å². The van der Waals surface area contributed by atoms with Gasteiger partial charge in [0.25, 0.3) is 0 Å². The second-order valence-corrected chi connectivity index (χ2v) is 4.48. The third kappa shape index (κ3) is 7.60. The van der Waals surface area contributed by atoms with E-state index in [2.05, 4.69) is 10.1 Å². The molecule has 0 saturated heterocycles. The zero-order valence-electron chi connectivity index (χ0n) is 11.4. The van der Waals surface area contributed by atoms with Crippen molar-refractivity contribution >= 4 is 17.7 Å². The first-order valence-corrected chi connectivity index (χ1v) is 5.91. The number of hydrogen-bond acceptors (Lipinski definition) is 4. The van der Waals surface area contributed by atoms with Gasteiger partial charge < -0.3 is 10.1 Å². The molecule has 0 spiro atoms. The lowest BCUT2D eigenvalue weighted by atomic mass is 10.1. The van der Waals surface area contributed by atoms with E-state index in [1.54, 1.807) is 6.08 Å². The molecule has 5 nitrogen and oxygen atoms in total. The molecule has 0 saturated carbocycles. The fourth-order valence-electron chi connectivity index (χ4n) is 1.21. The van der Waals surface area contributed by atoms with Gasteiger partial charge in [0.15, 0.2) is 5.78 Å². The Morgan fingerprint density at radius 3 is 2.33 bits per heavy atom. The summed E-state index contributed by atoms with van der Waals surface area (Å²) >= 11 is 0. The molecule has 0 aliphatic heterocycles. The number of esters is 1. The number of rotatable bonds is 7. The third-order valence-corrected chi connectivity index (χ3v) is 2.28. The van der Waals surface area contributed by atoms with Crippen LogP contribution in [-0.4, -0.2) is 30.8 Å². The first kappa shape index (κ1) is 16.4. The van der Waals surface area contributed by atoms with E-state index in [9.17, 15) is 14.4 Å². The SMILES string of the molecule is COC(=O)CC(NC(=O)/C=C/CC(C)C)C(C)=O. The van der Waals surface area contributed by atoms with Crippen LogP contribution >= 0.6 is 0 Å². The molecule has 1 unspecified atom stereocenters. The van der Waals surface area contributed by atoms with Gasteiger partial charge in [-0.25, -0.2) is 0 Å². The molecule has 1 N–H and O–H groups in total. The first-order chi connectivity index (χ1) is 8.36. The van der Waals surface area contributed by atoms with Crippen molar-refractivity contribution in [3.8, 4) is 0 Å². The first-order valence-electron chi connectivity index (χ1n) is 5.91. The Labute approximate surface area is 108 Å². The lowest BCUT2D eigenvalue weighted by Gasteiger charge is -2.13. The van der Waals surface area contributed by atoms with Crippen molar-refractivity contribution in [2.24, 2.45) is 5.92 Å². The molecular formula is C13H21NO4. The minimum Gasteiger partial charge on any atom is -0.469 e. The molecule has 0 aliphatic rings. The lowest BCUT2D eigenvalue weighted by molar-refractivity contribution is -0.142. The van der Waals surface area contributed by atoms with Crippen LogP contribution in [0.5, 0.6) is 0 Å². The van der Waals surface area contributed by atoms with Crippen molar-refractivity contribution in [1.82, 2.24) is 5.32 Å². The predicted octanol–water partition coefficient (Wildman–Crippen LogP) is 1.23. The Hall–Kier alpha value is -1.65. The second-order valence-electron chi connectivity index (χ2n) is 4.48. The maximum Gasteiger partial charge on any atom is 0.308 e. The van der Waals surface area contributed by atoms with Gasteiger partial charge in [-0.1, -0.05) is 19.9 Å². The Morgan fingerprint density at radius 1 is 1.28 bits per heavy atom. The number of Topliss-reactive ketones (excluding diaryl/α,β-unsaturated/α-hetero) is 1. The van der Waals surface area contributed by atoms with Crippen LogP contribution in [0.2, 0.25) is 0 Å². The molecular weight excluding hydrogens is 234 g/mol. The highest BCUT2D eigenvalue weighted by Gasteiger charge is 2.19. The van der Waals surface area contributed by atoms with Crippen LogP contribution in [0, 0.1) is 5.92 Å². The summed E-state index contributed by atoms with van der Waals surface area (Å²) in [5, 5.41) is 2.48. The van der Waals surface area contributed by atoms with Crippen LogP contribution in [0.4, 0.5) is 0 Å². The summed E-state index contributed by atoms with van der Waals surface area (Å²) in [6, 6.07) is -0.825. The second kappa shape index (κ2) is 8.44. The van der Waals surface area contributed by atoms with Crippen LogP contribution in [0.15, 0.2) is 12.2 Å². The van der Waals surface area contributed by atoms with Crippen LogP contribution in [0.25, 0.3) is 0 Å². The number of methoxy groups -OCH3 is 1. The number of carbonyl (C=O) groups excluding carboxylic acids is 3. The van der Waals surface area contributed by atoms with Gasteiger partial charge >= 0.3 is 5.97 Å². The van der Waals surface area contributed by atoms with E-state index in [1.165, 1.54) is 20.1 Å².